The normalized spacial score (nSPS) is 22.9. The lowest BCUT2D eigenvalue weighted by Crippen LogP contribution is -2.63. The van der Waals surface area contributed by atoms with Crippen LogP contribution < -0.4 is 10.6 Å². The van der Waals surface area contributed by atoms with Crippen molar-refractivity contribution in [1.29, 1.82) is 0 Å². The molecule has 23 heavy (non-hydrogen) atoms. The zero-order valence-electron chi connectivity index (χ0n) is 14.5. The van der Waals surface area contributed by atoms with Crippen LogP contribution in [0.5, 0.6) is 0 Å². The van der Waals surface area contributed by atoms with Crippen molar-refractivity contribution in [2.45, 2.75) is 58.7 Å². The highest BCUT2D eigenvalue weighted by atomic mass is 127. The number of hydrogen-bond donors (Lipinski definition) is 2. The molecule has 1 fully saturated rings. The molecule has 0 bridgehead atoms. The Morgan fingerprint density at radius 2 is 2.30 bits per heavy atom. The molecule has 0 spiro atoms. The van der Waals surface area contributed by atoms with Crippen LogP contribution in [-0.4, -0.2) is 36.9 Å². The van der Waals surface area contributed by atoms with Crippen LogP contribution >= 0.6 is 24.0 Å². The molecule has 0 saturated heterocycles. The van der Waals surface area contributed by atoms with Gasteiger partial charge in [0.1, 0.15) is 12.0 Å². The summed E-state index contributed by atoms with van der Waals surface area (Å²) in [6.07, 6.45) is 5.21. The van der Waals surface area contributed by atoms with Gasteiger partial charge >= 0.3 is 0 Å². The van der Waals surface area contributed by atoms with E-state index in [4.69, 9.17) is 9.26 Å². The van der Waals surface area contributed by atoms with Gasteiger partial charge in [0.05, 0.1) is 12.6 Å². The number of unbranched alkanes of at least 4 members (excludes halogenated alkanes) is 1. The molecule has 2 rings (SSSR count). The van der Waals surface area contributed by atoms with Crippen molar-refractivity contribution < 1.29 is 9.26 Å². The van der Waals surface area contributed by atoms with Gasteiger partial charge in [0, 0.05) is 31.2 Å². The van der Waals surface area contributed by atoms with E-state index in [9.17, 15) is 0 Å². The van der Waals surface area contributed by atoms with E-state index in [1.165, 1.54) is 6.42 Å². The number of rotatable bonds is 7. The standard InChI is InChI=1S/C16H28N4O2.HI/c1-5-6-8-21-14-10-13(16(14,2)3)19-15(17-4)18-11-12-7-9-22-20-12;/h7,9,13-14H,5-6,8,10-11H2,1-4H3,(H2,17,18,19);1H. The predicted octanol–water partition coefficient (Wildman–Crippen LogP) is 2.94. The molecule has 1 aromatic heterocycles. The van der Waals surface area contributed by atoms with E-state index in [1.54, 1.807) is 13.3 Å². The first-order valence-electron chi connectivity index (χ1n) is 8.06. The van der Waals surface area contributed by atoms with E-state index in [0.717, 1.165) is 31.1 Å². The smallest absolute Gasteiger partial charge is 0.191 e. The van der Waals surface area contributed by atoms with Gasteiger partial charge < -0.3 is 19.9 Å². The van der Waals surface area contributed by atoms with Crippen LogP contribution in [0.25, 0.3) is 0 Å². The van der Waals surface area contributed by atoms with Gasteiger partial charge in [0.15, 0.2) is 5.96 Å². The van der Waals surface area contributed by atoms with Crippen molar-refractivity contribution in [2.75, 3.05) is 13.7 Å². The Bertz CT molecular complexity index is 476. The number of guanidine groups is 1. The molecule has 1 aliphatic rings. The second kappa shape index (κ2) is 9.46. The lowest BCUT2D eigenvalue weighted by molar-refractivity contribution is -0.113. The number of aliphatic imine (C=N–C) groups is 1. The number of nitrogens with zero attached hydrogens (tertiary/aromatic N) is 2. The van der Waals surface area contributed by atoms with E-state index in [-0.39, 0.29) is 29.4 Å². The molecule has 2 atom stereocenters. The Morgan fingerprint density at radius 3 is 2.87 bits per heavy atom. The topological polar surface area (TPSA) is 71.7 Å². The van der Waals surface area contributed by atoms with Gasteiger partial charge in [0.2, 0.25) is 0 Å². The minimum Gasteiger partial charge on any atom is -0.378 e. The van der Waals surface area contributed by atoms with Crippen LogP contribution in [0.2, 0.25) is 0 Å². The molecular weight excluding hydrogens is 407 g/mol. The fraction of sp³-hybridized carbons (Fsp3) is 0.750. The molecule has 2 N–H and O–H groups in total. The highest BCUT2D eigenvalue weighted by molar-refractivity contribution is 14.0. The number of ether oxygens (including phenoxy) is 1. The molecular formula is C16H29IN4O2. The Labute approximate surface area is 155 Å². The van der Waals surface area contributed by atoms with E-state index in [1.807, 2.05) is 6.07 Å². The van der Waals surface area contributed by atoms with Crippen molar-refractivity contribution in [1.82, 2.24) is 15.8 Å². The van der Waals surface area contributed by atoms with Gasteiger partial charge in [-0.1, -0.05) is 32.3 Å². The van der Waals surface area contributed by atoms with E-state index in [2.05, 4.69) is 41.6 Å². The molecule has 7 heteroatoms. The average Bonchev–Trinajstić information content (AvgIpc) is 3.02. The maximum absolute atomic E-state index is 5.98. The first kappa shape index (κ1) is 20.2. The Morgan fingerprint density at radius 1 is 1.52 bits per heavy atom. The molecule has 1 aliphatic carbocycles. The molecule has 1 saturated carbocycles. The third-order valence-corrected chi connectivity index (χ3v) is 4.46. The molecule has 132 valence electrons. The summed E-state index contributed by atoms with van der Waals surface area (Å²) in [5.74, 6) is 0.785. The molecule has 6 nitrogen and oxygen atoms in total. The maximum Gasteiger partial charge on any atom is 0.191 e. The molecule has 1 aromatic rings. The van der Waals surface area contributed by atoms with Crippen molar-refractivity contribution in [3.63, 3.8) is 0 Å². The fourth-order valence-electron chi connectivity index (χ4n) is 2.65. The lowest BCUT2D eigenvalue weighted by atomic mass is 9.64. The minimum atomic E-state index is 0. The summed E-state index contributed by atoms with van der Waals surface area (Å²) in [6.45, 7) is 8.13. The Kier molecular flexibility index (Phi) is 8.32. The minimum absolute atomic E-state index is 0. The van der Waals surface area contributed by atoms with Crippen LogP contribution in [0.15, 0.2) is 21.8 Å². The first-order chi connectivity index (χ1) is 10.6. The number of halogens is 1. The van der Waals surface area contributed by atoms with Gasteiger partial charge in [-0.05, 0) is 12.8 Å². The summed E-state index contributed by atoms with van der Waals surface area (Å²) in [5, 5.41) is 10.6. The largest absolute Gasteiger partial charge is 0.378 e. The third kappa shape index (κ3) is 5.34. The summed E-state index contributed by atoms with van der Waals surface area (Å²) in [5.41, 5.74) is 0.968. The van der Waals surface area contributed by atoms with Gasteiger partial charge in [-0.25, -0.2) is 0 Å². The summed E-state index contributed by atoms with van der Waals surface area (Å²) in [6, 6.07) is 2.20. The summed E-state index contributed by atoms with van der Waals surface area (Å²) >= 11 is 0. The van der Waals surface area contributed by atoms with Gasteiger partial charge in [-0.2, -0.15) is 0 Å². The number of nitrogens with one attached hydrogen (secondary N) is 2. The molecule has 0 amide bonds. The third-order valence-electron chi connectivity index (χ3n) is 4.46. The molecule has 1 heterocycles. The number of hydrogen-bond acceptors (Lipinski definition) is 4. The molecule has 0 radical (unpaired) electrons. The first-order valence-corrected chi connectivity index (χ1v) is 8.06. The van der Waals surface area contributed by atoms with E-state index >= 15 is 0 Å². The van der Waals surface area contributed by atoms with Gasteiger partial charge in [0.25, 0.3) is 0 Å². The molecule has 0 aromatic carbocycles. The Hall–Kier alpha value is -0.830. The van der Waals surface area contributed by atoms with Crippen molar-refractivity contribution >= 4 is 29.9 Å². The zero-order chi connectivity index (χ0) is 16.0. The quantitative estimate of drug-likeness (QED) is 0.298. The van der Waals surface area contributed by atoms with Crippen molar-refractivity contribution in [3.05, 3.63) is 18.0 Å². The van der Waals surface area contributed by atoms with Crippen LogP contribution in [0, 0.1) is 5.41 Å². The fourth-order valence-corrected chi connectivity index (χ4v) is 2.65. The molecule has 0 aliphatic heterocycles. The zero-order valence-corrected chi connectivity index (χ0v) is 16.8. The lowest BCUT2D eigenvalue weighted by Gasteiger charge is -2.52. The SMILES string of the molecule is CCCCOC1CC(NC(=NC)NCc2ccon2)C1(C)C.I. The second-order valence-electron chi connectivity index (χ2n) is 6.38. The maximum atomic E-state index is 5.98. The van der Waals surface area contributed by atoms with Crippen LogP contribution in [0.3, 0.4) is 0 Å². The molecule has 2 unspecified atom stereocenters. The summed E-state index contributed by atoms with van der Waals surface area (Å²) in [7, 11) is 1.78. The van der Waals surface area contributed by atoms with Gasteiger partial charge in [-0.3, -0.25) is 4.99 Å². The number of aromatic nitrogens is 1. The summed E-state index contributed by atoms with van der Waals surface area (Å²) < 4.78 is 10.8. The highest BCUT2D eigenvalue weighted by Gasteiger charge is 2.49. The average molecular weight is 436 g/mol. The van der Waals surface area contributed by atoms with Crippen molar-refractivity contribution in [2.24, 2.45) is 10.4 Å². The van der Waals surface area contributed by atoms with E-state index in [0.29, 0.717) is 18.7 Å². The highest BCUT2D eigenvalue weighted by Crippen LogP contribution is 2.42. The predicted molar refractivity (Wildman–Crippen MR) is 102 cm³/mol. The van der Waals surface area contributed by atoms with Crippen molar-refractivity contribution in [3.8, 4) is 0 Å². The van der Waals surface area contributed by atoms with Gasteiger partial charge in [-0.15, -0.1) is 24.0 Å². The second-order valence-corrected chi connectivity index (χ2v) is 6.38. The van der Waals surface area contributed by atoms with Crippen LogP contribution in [0.1, 0.15) is 45.7 Å². The van der Waals surface area contributed by atoms with Crippen LogP contribution in [0.4, 0.5) is 0 Å². The monoisotopic (exact) mass is 436 g/mol. The van der Waals surface area contributed by atoms with E-state index < -0.39 is 0 Å². The van der Waals surface area contributed by atoms with Crippen LogP contribution in [-0.2, 0) is 11.3 Å². The Balaban J connectivity index is 0.00000264. The summed E-state index contributed by atoms with van der Waals surface area (Å²) in [4.78, 5) is 4.27.